The van der Waals surface area contributed by atoms with E-state index in [-0.39, 0.29) is 17.0 Å². The van der Waals surface area contributed by atoms with Crippen molar-refractivity contribution in [1.29, 1.82) is 10.5 Å². The molecule has 1 aromatic carbocycles. The molecule has 0 bridgehead atoms. The number of anilines is 1. The van der Waals surface area contributed by atoms with E-state index in [1.165, 1.54) is 0 Å². The number of rotatable bonds is 1. The number of nitriles is 2. The smallest absolute Gasteiger partial charge is 0.210 e. The van der Waals surface area contributed by atoms with E-state index in [1.807, 2.05) is 30.3 Å². The van der Waals surface area contributed by atoms with Gasteiger partial charge in [0.05, 0.1) is 0 Å². The van der Waals surface area contributed by atoms with Crippen LogP contribution in [0.15, 0.2) is 34.7 Å². The first-order valence-corrected chi connectivity index (χ1v) is 4.55. The molecule has 2 rings (SSSR count). The van der Waals surface area contributed by atoms with Crippen LogP contribution in [-0.2, 0) is 0 Å². The van der Waals surface area contributed by atoms with E-state index in [2.05, 4.69) is 0 Å². The Morgan fingerprint density at radius 1 is 1.00 bits per heavy atom. The zero-order chi connectivity index (χ0) is 11.5. The van der Waals surface area contributed by atoms with Crippen LogP contribution in [0.2, 0.25) is 0 Å². The van der Waals surface area contributed by atoms with Gasteiger partial charge in [-0.1, -0.05) is 30.3 Å². The molecule has 0 radical (unpaired) electrons. The molecule has 0 spiro atoms. The van der Waals surface area contributed by atoms with Gasteiger partial charge >= 0.3 is 0 Å². The fraction of sp³-hybridized carbons (Fsp3) is 0. The highest BCUT2D eigenvalue weighted by atomic mass is 16.4. The van der Waals surface area contributed by atoms with Crippen LogP contribution in [0.5, 0.6) is 0 Å². The molecule has 4 nitrogen and oxygen atoms in total. The Kier molecular flexibility index (Phi) is 2.33. The van der Waals surface area contributed by atoms with E-state index in [0.29, 0.717) is 5.76 Å². The Bertz CT molecular complexity index is 600. The molecule has 0 saturated carbocycles. The van der Waals surface area contributed by atoms with Crippen molar-refractivity contribution in [3.05, 3.63) is 41.5 Å². The van der Waals surface area contributed by atoms with Crippen LogP contribution in [0.25, 0.3) is 11.3 Å². The Balaban J connectivity index is 2.70. The van der Waals surface area contributed by atoms with Gasteiger partial charge in [0.25, 0.3) is 0 Å². The van der Waals surface area contributed by atoms with Crippen LogP contribution in [-0.4, -0.2) is 0 Å². The summed E-state index contributed by atoms with van der Waals surface area (Å²) in [6.45, 7) is 0. The van der Waals surface area contributed by atoms with Gasteiger partial charge in [-0.2, -0.15) is 10.5 Å². The van der Waals surface area contributed by atoms with Gasteiger partial charge in [0.1, 0.15) is 23.3 Å². The minimum absolute atomic E-state index is 0.0158. The number of nitrogen functional groups attached to an aromatic ring is 1. The number of benzene rings is 1. The van der Waals surface area contributed by atoms with Crippen molar-refractivity contribution in [2.45, 2.75) is 0 Å². The Hall–Kier alpha value is -2.72. The van der Waals surface area contributed by atoms with E-state index in [0.717, 1.165) is 5.56 Å². The lowest BCUT2D eigenvalue weighted by Gasteiger charge is -1.95. The van der Waals surface area contributed by atoms with Gasteiger partial charge in [-0.25, -0.2) is 0 Å². The summed E-state index contributed by atoms with van der Waals surface area (Å²) >= 11 is 0. The molecule has 0 amide bonds. The summed E-state index contributed by atoms with van der Waals surface area (Å²) in [7, 11) is 0. The molecule has 2 N–H and O–H groups in total. The van der Waals surface area contributed by atoms with E-state index in [1.54, 1.807) is 12.1 Å². The van der Waals surface area contributed by atoms with Crippen molar-refractivity contribution < 1.29 is 4.42 Å². The molecular formula is C12H7N3O. The van der Waals surface area contributed by atoms with Crippen LogP contribution in [0.4, 0.5) is 5.88 Å². The Morgan fingerprint density at radius 3 is 2.19 bits per heavy atom. The molecule has 0 aliphatic rings. The van der Waals surface area contributed by atoms with Gasteiger partial charge in [-0.05, 0) is 0 Å². The molecule has 1 heterocycles. The third-order valence-electron chi connectivity index (χ3n) is 2.20. The van der Waals surface area contributed by atoms with Gasteiger partial charge in [0.2, 0.25) is 5.88 Å². The average molecular weight is 209 g/mol. The molecule has 1 aromatic heterocycles. The van der Waals surface area contributed by atoms with Crippen LogP contribution >= 0.6 is 0 Å². The second-order valence-corrected chi connectivity index (χ2v) is 3.14. The summed E-state index contributed by atoms with van der Waals surface area (Å²) in [5, 5.41) is 17.8. The largest absolute Gasteiger partial charge is 0.438 e. The Labute approximate surface area is 92.1 Å². The zero-order valence-electron chi connectivity index (χ0n) is 8.27. The van der Waals surface area contributed by atoms with Gasteiger partial charge in [0, 0.05) is 5.56 Å². The second-order valence-electron chi connectivity index (χ2n) is 3.14. The van der Waals surface area contributed by atoms with Crippen molar-refractivity contribution in [2.24, 2.45) is 0 Å². The molecule has 4 heteroatoms. The number of hydrogen-bond acceptors (Lipinski definition) is 4. The highest BCUT2D eigenvalue weighted by Gasteiger charge is 2.19. The fourth-order valence-electron chi connectivity index (χ4n) is 1.46. The first kappa shape index (κ1) is 9.82. The van der Waals surface area contributed by atoms with Crippen LogP contribution in [0.1, 0.15) is 11.1 Å². The second kappa shape index (κ2) is 3.80. The van der Waals surface area contributed by atoms with E-state index in [4.69, 9.17) is 20.7 Å². The summed E-state index contributed by atoms with van der Waals surface area (Å²) < 4.78 is 5.25. The summed E-state index contributed by atoms with van der Waals surface area (Å²) in [6.07, 6.45) is 0. The lowest BCUT2D eigenvalue weighted by atomic mass is 10.1. The molecule has 0 saturated heterocycles. The maximum absolute atomic E-state index is 8.99. The maximum Gasteiger partial charge on any atom is 0.210 e. The fourth-order valence-corrected chi connectivity index (χ4v) is 1.46. The highest BCUT2D eigenvalue weighted by Crippen LogP contribution is 2.31. The predicted octanol–water partition coefficient (Wildman–Crippen LogP) is 2.27. The number of furan rings is 1. The van der Waals surface area contributed by atoms with E-state index < -0.39 is 0 Å². The SMILES string of the molecule is N#Cc1c(N)oc(-c2ccccc2)c1C#N. The maximum atomic E-state index is 8.99. The van der Waals surface area contributed by atoms with Gasteiger partial charge in [0.15, 0.2) is 5.76 Å². The van der Waals surface area contributed by atoms with Crippen molar-refractivity contribution in [1.82, 2.24) is 0 Å². The van der Waals surface area contributed by atoms with Crippen molar-refractivity contribution in [3.63, 3.8) is 0 Å². The third-order valence-corrected chi connectivity index (χ3v) is 2.20. The number of nitrogens with two attached hydrogens (primary N) is 1. The number of hydrogen-bond donors (Lipinski definition) is 1. The lowest BCUT2D eigenvalue weighted by Crippen LogP contribution is -1.85. The first-order chi connectivity index (χ1) is 7.77. The van der Waals surface area contributed by atoms with E-state index >= 15 is 0 Å². The number of nitrogens with zero attached hydrogens (tertiary/aromatic N) is 2. The summed E-state index contributed by atoms with van der Waals surface area (Å²) in [5.74, 6) is 0.329. The van der Waals surface area contributed by atoms with Crippen molar-refractivity contribution >= 4 is 5.88 Å². The highest BCUT2D eigenvalue weighted by molar-refractivity contribution is 5.73. The summed E-state index contributed by atoms with van der Waals surface area (Å²) in [5.41, 5.74) is 6.54. The Morgan fingerprint density at radius 2 is 1.62 bits per heavy atom. The zero-order valence-corrected chi connectivity index (χ0v) is 8.27. The minimum Gasteiger partial charge on any atom is -0.438 e. The standard InChI is InChI=1S/C12H7N3O/c13-6-9-10(7-14)12(15)16-11(9)8-4-2-1-3-5-8/h1-5H,15H2. The van der Waals surface area contributed by atoms with Crippen molar-refractivity contribution in [2.75, 3.05) is 5.73 Å². The molecule has 0 unspecified atom stereocenters. The summed E-state index contributed by atoms with van der Waals surface area (Å²) in [4.78, 5) is 0. The van der Waals surface area contributed by atoms with Crippen LogP contribution in [0, 0.1) is 22.7 Å². The summed E-state index contributed by atoms with van der Waals surface area (Å²) in [6, 6.07) is 12.9. The molecule has 76 valence electrons. The lowest BCUT2D eigenvalue weighted by molar-refractivity contribution is 0.601. The molecule has 0 atom stereocenters. The van der Waals surface area contributed by atoms with Gasteiger partial charge in [-0.15, -0.1) is 0 Å². The topological polar surface area (TPSA) is 86.7 Å². The van der Waals surface area contributed by atoms with Crippen LogP contribution in [0.3, 0.4) is 0 Å². The molecule has 0 fully saturated rings. The van der Waals surface area contributed by atoms with Crippen molar-refractivity contribution in [3.8, 4) is 23.5 Å². The normalized spacial score (nSPS) is 9.38. The van der Waals surface area contributed by atoms with E-state index in [9.17, 15) is 0 Å². The molecule has 0 aliphatic carbocycles. The quantitative estimate of drug-likeness (QED) is 0.780. The first-order valence-electron chi connectivity index (χ1n) is 4.55. The average Bonchev–Trinajstić information content (AvgIpc) is 2.66. The minimum atomic E-state index is -0.0158. The predicted molar refractivity (Wildman–Crippen MR) is 58.0 cm³/mol. The third kappa shape index (κ3) is 1.39. The molecule has 2 aromatic rings. The molecule has 16 heavy (non-hydrogen) atoms. The van der Waals surface area contributed by atoms with Crippen LogP contribution < -0.4 is 5.73 Å². The monoisotopic (exact) mass is 209 g/mol. The van der Waals surface area contributed by atoms with Gasteiger partial charge in [-0.3, -0.25) is 0 Å². The molecular weight excluding hydrogens is 202 g/mol. The molecule has 0 aliphatic heterocycles. The van der Waals surface area contributed by atoms with Gasteiger partial charge < -0.3 is 10.2 Å².